The van der Waals surface area contributed by atoms with Crippen LogP contribution in [0.15, 0.2) is 54.9 Å². The van der Waals surface area contributed by atoms with E-state index in [9.17, 15) is 0 Å². The summed E-state index contributed by atoms with van der Waals surface area (Å²) in [4.78, 5) is 0. The minimum atomic E-state index is -2.14. The molecule has 0 saturated heterocycles. The molecule has 0 amide bonds. The molecular weight excluding hydrogens is 512 g/mol. The number of ether oxygens (including phenoxy) is 2. The highest BCUT2D eigenvalue weighted by Crippen LogP contribution is 2.45. The molecule has 0 aliphatic carbocycles. The van der Waals surface area contributed by atoms with E-state index in [4.69, 9.17) is 25.5 Å². The van der Waals surface area contributed by atoms with Gasteiger partial charge in [0.15, 0.2) is 8.32 Å². The molecule has 0 saturated carbocycles. The summed E-state index contributed by atoms with van der Waals surface area (Å²) in [6.45, 7) is 14.3. The zero-order valence-corrected chi connectivity index (χ0v) is 26.1. The van der Waals surface area contributed by atoms with Gasteiger partial charge in [-0.1, -0.05) is 51.1 Å². The highest BCUT2D eigenvalue weighted by Gasteiger charge is 2.41. The first-order valence-corrected chi connectivity index (χ1v) is 16.9. The van der Waals surface area contributed by atoms with E-state index < -0.39 is 8.32 Å². The van der Waals surface area contributed by atoms with Crippen molar-refractivity contribution < 1.29 is 13.9 Å². The Labute approximate surface area is 235 Å². The molecule has 38 heavy (non-hydrogen) atoms. The number of aromatic nitrogens is 2. The Kier molecular flexibility index (Phi) is 10.5. The van der Waals surface area contributed by atoms with Crippen LogP contribution in [-0.2, 0) is 23.3 Å². The maximum absolute atomic E-state index is 7.26. The van der Waals surface area contributed by atoms with Gasteiger partial charge < -0.3 is 13.9 Å². The molecule has 1 aromatic heterocycles. The lowest BCUT2D eigenvalue weighted by Crippen LogP contribution is -2.43. The largest absolute Gasteiger partial charge is 0.496 e. The Bertz CT molecular complexity index is 1130. The molecule has 0 aliphatic heterocycles. The number of hydrogen-bond acceptors (Lipinski definition) is 4. The maximum atomic E-state index is 7.26. The third-order valence-electron chi connectivity index (χ3n) is 7.90. The average molecular weight is 557 g/mol. The molecule has 0 N–H and O–H groups in total. The fourth-order valence-corrected chi connectivity index (χ4v) is 6.02. The van der Waals surface area contributed by atoms with E-state index in [0.717, 1.165) is 54.0 Å². The Morgan fingerprint density at radius 2 is 1.63 bits per heavy atom. The quantitative estimate of drug-likeness (QED) is 0.157. The molecule has 2 aromatic carbocycles. The normalized spacial score (nSPS) is 13.8. The van der Waals surface area contributed by atoms with E-state index in [-0.39, 0.29) is 17.1 Å². The molecule has 1 unspecified atom stereocenters. The third-order valence-corrected chi connectivity index (χ3v) is 12.7. The summed E-state index contributed by atoms with van der Waals surface area (Å²) in [6.07, 6.45) is 6.83. The first kappa shape index (κ1) is 30.3. The SMILES string of the molecule is COc1cc(C(O[Si](C)(C)C(C)(C)C)[C@H](CCCc2ccccc2)Cn2cc(CCl)cn2)cc(OC)c1C. The van der Waals surface area contributed by atoms with Crippen LogP contribution in [0.2, 0.25) is 18.1 Å². The zero-order valence-electron chi connectivity index (χ0n) is 24.4. The van der Waals surface area contributed by atoms with Crippen LogP contribution in [0.25, 0.3) is 0 Å². The van der Waals surface area contributed by atoms with Crippen LogP contribution in [0.5, 0.6) is 11.5 Å². The summed E-state index contributed by atoms with van der Waals surface area (Å²) in [5.74, 6) is 2.27. The summed E-state index contributed by atoms with van der Waals surface area (Å²) >= 11 is 6.11. The van der Waals surface area contributed by atoms with E-state index in [1.807, 2.05) is 17.8 Å². The van der Waals surface area contributed by atoms with Crippen molar-refractivity contribution in [3.8, 4) is 11.5 Å². The lowest BCUT2D eigenvalue weighted by atomic mass is 9.89. The molecule has 0 radical (unpaired) electrons. The lowest BCUT2D eigenvalue weighted by molar-refractivity contribution is 0.0970. The van der Waals surface area contributed by atoms with Crippen LogP contribution >= 0.6 is 11.6 Å². The van der Waals surface area contributed by atoms with Crippen molar-refractivity contribution in [2.45, 2.75) is 83.6 Å². The van der Waals surface area contributed by atoms with Crippen LogP contribution in [0.4, 0.5) is 0 Å². The number of rotatable bonds is 13. The first-order valence-electron chi connectivity index (χ1n) is 13.5. The fourth-order valence-electron chi connectivity index (χ4n) is 4.57. The molecule has 0 fully saturated rings. The molecule has 0 aliphatic rings. The van der Waals surface area contributed by atoms with Gasteiger partial charge in [0.05, 0.1) is 32.4 Å². The van der Waals surface area contributed by atoms with Gasteiger partial charge in [-0.3, -0.25) is 4.68 Å². The van der Waals surface area contributed by atoms with E-state index in [2.05, 4.69) is 87.6 Å². The van der Waals surface area contributed by atoms with Crippen LogP contribution < -0.4 is 9.47 Å². The monoisotopic (exact) mass is 556 g/mol. The van der Waals surface area contributed by atoms with Crippen molar-refractivity contribution in [1.29, 1.82) is 0 Å². The summed E-state index contributed by atoms with van der Waals surface area (Å²) in [7, 11) is 1.29. The number of benzene rings is 2. The van der Waals surface area contributed by atoms with E-state index in [1.54, 1.807) is 14.2 Å². The molecule has 2 atom stereocenters. The van der Waals surface area contributed by atoms with Crippen molar-refractivity contribution in [2.24, 2.45) is 5.92 Å². The topological polar surface area (TPSA) is 45.5 Å². The van der Waals surface area contributed by atoms with Gasteiger partial charge in [0.2, 0.25) is 0 Å². The van der Waals surface area contributed by atoms with Crippen LogP contribution in [0, 0.1) is 12.8 Å². The molecule has 5 nitrogen and oxygen atoms in total. The number of hydrogen-bond donors (Lipinski definition) is 0. The van der Waals surface area contributed by atoms with E-state index >= 15 is 0 Å². The van der Waals surface area contributed by atoms with E-state index in [1.165, 1.54) is 5.56 Å². The number of methoxy groups -OCH3 is 2. The van der Waals surface area contributed by atoms with Gasteiger partial charge >= 0.3 is 0 Å². The summed E-state index contributed by atoms with van der Waals surface area (Å²) in [5.41, 5.74) is 4.46. The summed E-state index contributed by atoms with van der Waals surface area (Å²) in [5, 5.41) is 4.70. The van der Waals surface area contributed by atoms with Crippen molar-refractivity contribution >= 4 is 19.9 Å². The Balaban J connectivity index is 2.05. The van der Waals surface area contributed by atoms with Crippen LogP contribution in [0.1, 0.15) is 62.0 Å². The third kappa shape index (κ3) is 7.64. The van der Waals surface area contributed by atoms with Crippen LogP contribution in [0.3, 0.4) is 0 Å². The predicted molar refractivity (Wildman–Crippen MR) is 160 cm³/mol. The molecule has 208 valence electrons. The molecule has 1 heterocycles. The minimum absolute atomic E-state index is 0.0657. The summed E-state index contributed by atoms with van der Waals surface area (Å²) in [6, 6.07) is 15.0. The van der Waals surface area contributed by atoms with Gasteiger partial charge in [-0.15, -0.1) is 11.6 Å². The number of nitrogens with zero attached hydrogens (tertiary/aromatic N) is 2. The predicted octanol–water partition coefficient (Wildman–Crippen LogP) is 8.35. The summed E-state index contributed by atoms with van der Waals surface area (Å²) < 4.78 is 20.8. The number of aryl methyl sites for hydroxylation is 1. The zero-order chi connectivity index (χ0) is 27.9. The number of halogens is 1. The highest BCUT2D eigenvalue weighted by atomic mass is 35.5. The van der Waals surface area contributed by atoms with Crippen molar-refractivity contribution in [3.63, 3.8) is 0 Å². The highest BCUT2D eigenvalue weighted by molar-refractivity contribution is 6.74. The van der Waals surface area contributed by atoms with E-state index in [0.29, 0.717) is 5.88 Å². The van der Waals surface area contributed by atoms with Gasteiger partial charge in [0.1, 0.15) is 11.5 Å². The molecular formula is C31H45ClN2O3Si. The van der Waals surface area contributed by atoms with Gasteiger partial charge in [0.25, 0.3) is 0 Å². The van der Waals surface area contributed by atoms with Gasteiger partial charge in [0, 0.05) is 29.8 Å². The van der Waals surface area contributed by atoms with Gasteiger partial charge in [-0.25, -0.2) is 0 Å². The molecule has 0 spiro atoms. The van der Waals surface area contributed by atoms with Crippen LogP contribution in [-0.4, -0.2) is 32.3 Å². The molecule has 3 rings (SSSR count). The second-order valence-electron chi connectivity index (χ2n) is 11.7. The Hall–Kier alpha value is -2.28. The maximum Gasteiger partial charge on any atom is 0.192 e. The number of alkyl halides is 1. The van der Waals surface area contributed by atoms with Crippen molar-refractivity contribution in [2.75, 3.05) is 14.2 Å². The smallest absolute Gasteiger partial charge is 0.192 e. The molecule has 7 heteroatoms. The molecule has 3 aromatic rings. The first-order chi connectivity index (χ1) is 18.0. The van der Waals surface area contributed by atoms with Gasteiger partial charge in [-0.2, -0.15) is 5.10 Å². The second-order valence-corrected chi connectivity index (χ2v) is 16.7. The van der Waals surface area contributed by atoms with Crippen molar-refractivity contribution in [1.82, 2.24) is 9.78 Å². The lowest BCUT2D eigenvalue weighted by Gasteiger charge is -2.42. The molecule has 0 bridgehead atoms. The van der Waals surface area contributed by atoms with Gasteiger partial charge in [-0.05, 0) is 67.6 Å². The minimum Gasteiger partial charge on any atom is -0.496 e. The second kappa shape index (κ2) is 13.2. The standard InChI is InChI=1S/C31H45ClN2O3Si/c1-23-28(35-5)17-27(18-29(23)36-6)30(37-38(7,8)31(2,3)4)26(22-34-21-25(19-32)20-33-34)16-12-15-24-13-10-9-11-14-24/h9-11,13-14,17-18,20-21,26,30H,12,15-16,19,22H2,1-8H3/t26-,30?/m1/s1. The fraction of sp³-hybridized carbons (Fsp3) is 0.516. The Morgan fingerprint density at radius 1 is 1.00 bits per heavy atom. The Morgan fingerprint density at radius 3 is 2.16 bits per heavy atom. The average Bonchev–Trinajstić information content (AvgIpc) is 3.34. The van der Waals surface area contributed by atoms with Crippen molar-refractivity contribution in [3.05, 3.63) is 77.1 Å².